The number of esters is 2. The lowest BCUT2D eigenvalue weighted by atomic mass is 10.0. The average molecular weight is 815 g/mol. The lowest BCUT2D eigenvalue weighted by Gasteiger charge is -2.18. The summed E-state index contributed by atoms with van der Waals surface area (Å²) < 4.78 is 17.4. The van der Waals surface area contributed by atoms with E-state index in [1.54, 1.807) is 0 Å². The maximum absolute atomic E-state index is 12.7. The van der Waals surface area contributed by atoms with Gasteiger partial charge in [-0.05, 0) is 64.2 Å². The first kappa shape index (κ1) is 56.1. The highest BCUT2D eigenvalue weighted by molar-refractivity contribution is 5.70. The van der Waals surface area contributed by atoms with E-state index >= 15 is 0 Å². The Balaban J connectivity index is 4.20. The first-order chi connectivity index (χ1) is 28.6. The van der Waals surface area contributed by atoms with Gasteiger partial charge < -0.3 is 14.2 Å². The van der Waals surface area contributed by atoms with Gasteiger partial charge in [0.15, 0.2) is 6.10 Å². The van der Waals surface area contributed by atoms with Crippen LogP contribution in [0.1, 0.15) is 265 Å². The van der Waals surface area contributed by atoms with Crippen molar-refractivity contribution in [2.45, 2.75) is 271 Å². The molecule has 0 aromatic carbocycles. The van der Waals surface area contributed by atoms with Crippen LogP contribution in [0.15, 0.2) is 36.5 Å². The summed E-state index contributed by atoms with van der Waals surface area (Å²) in [7, 11) is 0. The summed E-state index contributed by atoms with van der Waals surface area (Å²) >= 11 is 0. The number of rotatable bonds is 47. The van der Waals surface area contributed by atoms with E-state index in [2.05, 4.69) is 57.2 Å². The second-order valence-corrected chi connectivity index (χ2v) is 17.1. The molecule has 0 rings (SSSR count). The van der Waals surface area contributed by atoms with Crippen molar-refractivity contribution in [2.75, 3.05) is 19.8 Å². The predicted molar refractivity (Wildman–Crippen MR) is 252 cm³/mol. The fourth-order valence-electron chi connectivity index (χ4n) is 7.29. The molecule has 0 aromatic rings. The number of unbranched alkanes of at least 4 members (excludes halogenated alkanes) is 30. The third-order valence-electron chi connectivity index (χ3n) is 11.1. The van der Waals surface area contributed by atoms with E-state index in [-0.39, 0.29) is 25.2 Å². The Morgan fingerprint density at radius 1 is 0.379 bits per heavy atom. The zero-order valence-corrected chi connectivity index (χ0v) is 39.1. The molecule has 0 spiro atoms. The largest absolute Gasteiger partial charge is 0.462 e. The molecular weight excluding hydrogens is 717 g/mol. The Kier molecular flexibility index (Phi) is 47.9. The van der Waals surface area contributed by atoms with Crippen LogP contribution in [0.5, 0.6) is 0 Å². The van der Waals surface area contributed by atoms with Gasteiger partial charge in [-0.25, -0.2) is 0 Å². The molecule has 0 amide bonds. The van der Waals surface area contributed by atoms with Crippen molar-refractivity contribution >= 4 is 11.9 Å². The predicted octanol–water partition coefficient (Wildman–Crippen LogP) is 17.0. The van der Waals surface area contributed by atoms with Gasteiger partial charge in [-0.1, -0.05) is 224 Å². The number of ether oxygens (including phenoxy) is 3. The highest BCUT2D eigenvalue weighted by Gasteiger charge is 2.17. The number of allylic oxidation sites excluding steroid dienone is 6. The van der Waals surface area contributed by atoms with E-state index in [9.17, 15) is 9.59 Å². The van der Waals surface area contributed by atoms with Crippen LogP contribution >= 0.6 is 0 Å². The molecule has 1 unspecified atom stereocenters. The molecule has 0 aliphatic rings. The lowest BCUT2D eigenvalue weighted by molar-refractivity contribution is -0.163. The van der Waals surface area contributed by atoms with Crippen molar-refractivity contribution in [1.29, 1.82) is 0 Å². The van der Waals surface area contributed by atoms with Gasteiger partial charge >= 0.3 is 11.9 Å². The highest BCUT2D eigenvalue weighted by atomic mass is 16.6. The summed E-state index contributed by atoms with van der Waals surface area (Å²) in [6.07, 6.45) is 58.7. The molecule has 58 heavy (non-hydrogen) atoms. The van der Waals surface area contributed by atoms with Crippen molar-refractivity contribution in [3.8, 4) is 0 Å². The van der Waals surface area contributed by atoms with Gasteiger partial charge in [-0.2, -0.15) is 0 Å². The second kappa shape index (κ2) is 49.5. The summed E-state index contributed by atoms with van der Waals surface area (Å²) in [6, 6.07) is 0. The van der Waals surface area contributed by atoms with Crippen LogP contribution in [0.25, 0.3) is 0 Å². The van der Waals surface area contributed by atoms with E-state index in [4.69, 9.17) is 14.2 Å². The standard InChI is InChI=1S/C53H98O5/c1-4-7-10-13-16-19-22-24-25-26-27-28-30-33-36-39-42-45-48-56-49-51(58-53(55)47-44-41-38-35-31-21-18-15-12-9-6-3)50-57-52(54)46-43-40-37-34-32-29-23-20-17-14-11-8-5-2/h11,14-15,18,20,23,51H,4-10,12-13,16-17,19,21-22,24-50H2,1-3H3/b14-11-,18-15-,23-20-. The first-order valence-electron chi connectivity index (χ1n) is 25.5. The molecule has 0 saturated carbocycles. The molecule has 0 saturated heterocycles. The lowest BCUT2D eigenvalue weighted by Crippen LogP contribution is -2.30. The zero-order chi connectivity index (χ0) is 42.1. The smallest absolute Gasteiger partial charge is 0.306 e. The summed E-state index contributed by atoms with van der Waals surface area (Å²) in [4.78, 5) is 25.3. The molecular formula is C53H98O5. The van der Waals surface area contributed by atoms with Crippen LogP contribution in [0, 0.1) is 0 Å². The molecule has 5 nitrogen and oxygen atoms in total. The SMILES string of the molecule is CCC/C=C\C/C=C\CCCCCCCC(=O)OCC(COCCCCCCCCCCCCCCCCCCCC)OC(=O)CCCCCCC/C=C\CCCC. The minimum atomic E-state index is -0.540. The maximum Gasteiger partial charge on any atom is 0.306 e. The third-order valence-corrected chi connectivity index (χ3v) is 11.1. The molecule has 0 fully saturated rings. The summed E-state index contributed by atoms with van der Waals surface area (Å²) in [5, 5.41) is 0. The minimum absolute atomic E-state index is 0.0788. The van der Waals surface area contributed by atoms with Gasteiger partial charge in [0.25, 0.3) is 0 Å². The summed E-state index contributed by atoms with van der Waals surface area (Å²) in [6.45, 7) is 7.74. The van der Waals surface area contributed by atoms with Crippen LogP contribution in [-0.4, -0.2) is 37.9 Å². The topological polar surface area (TPSA) is 61.8 Å². The quantitative estimate of drug-likeness (QED) is 0.0348. The number of carbonyl (C=O) groups excluding carboxylic acids is 2. The van der Waals surface area contributed by atoms with Crippen molar-refractivity contribution in [3.05, 3.63) is 36.5 Å². The van der Waals surface area contributed by atoms with Gasteiger partial charge in [-0.15, -0.1) is 0 Å². The van der Waals surface area contributed by atoms with Gasteiger partial charge in [0.1, 0.15) is 6.61 Å². The third kappa shape index (κ3) is 46.8. The summed E-state index contributed by atoms with van der Waals surface area (Å²) in [5.41, 5.74) is 0. The molecule has 5 heteroatoms. The van der Waals surface area contributed by atoms with Crippen molar-refractivity contribution in [3.63, 3.8) is 0 Å². The van der Waals surface area contributed by atoms with Crippen LogP contribution in [0.3, 0.4) is 0 Å². The molecule has 0 radical (unpaired) electrons. The highest BCUT2D eigenvalue weighted by Crippen LogP contribution is 2.15. The Morgan fingerprint density at radius 3 is 1.28 bits per heavy atom. The van der Waals surface area contributed by atoms with Crippen molar-refractivity contribution in [1.82, 2.24) is 0 Å². The first-order valence-corrected chi connectivity index (χ1v) is 25.5. The van der Waals surface area contributed by atoms with E-state index in [1.165, 1.54) is 167 Å². The molecule has 0 aliphatic heterocycles. The fourth-order valence-corrected chi connectivity index (χ4v) is 7.29. The van der Waals surface area contributed by atoms with Crippen LogP contribution in [0.4, 0.5) is 0 Å². The fraction of sp³-hybridized carbons (Fsp3) is 0.849. The van der Waals surface area contributed by atoms with E-state index in [0.29, 0.717) is 19.4 Å². The molecule has 0 N–H and O–H groups in total. The van der Waals surface area contributed by atoms with Gasteiger partial charge in [0.2, 0.25) is 0 Å². The molecule has 0 aliphatic carbocycles. The van der Waals surface area contributed by atoms with Crippen molar-refractivity contribution in [2.24, 2.45) is 0 Å². The minimum Gasteiger partial charge on any atom is -0.462 e. The Bertz CT molecular complexity index is 924. The zero-order valence-electron chi connectivity index (χ0n) is 39.1. The Morgan fingerprint density at radius 2 is 0.776 bits per heavy atom. The van der Waals surface area contributed by atoms with Gasteiger partial charge in [0.05, 0.1) is 6.61 Å². The Hall–Kier alpha value is -1.88. The van der Waals surface area contributed by atoms with E-state index < -0.39 is 6.10 Å². The molecule has 0 aromatic heterocycles. The van der Waals surface area contributed by atoms with Gasteiger partial charge in [-0.3, -0.25) is 9.59 Å². The second-order valence-electron chi connectivity index (χ2n) is 17.1. The van der Waals surface area contributed by atoms with Gasteiger partial charge in [0, 0.05) is 19.4 Å². The number of hydrogen-bond acceptors (Lipinski definition) is 5. The Labute approximate surface area is 361 Å². The summed E-state index contributed by atoms with van der Waals surface area (Å²) in [5.74, 6) is -0.414. The molecule has 340 valence electrons. The number of carbonyl (C=O) groups is 2. The van der Waals surface area contributed by atoms with E-state index in [0.717, 1.165) is 64.2 Å². The van der Waals surface area contributed by atoms with Crippen LogP contribution in [-0.2, 0) is 23.8 Å². The normalized spacial score (nSPS) is 12.4. The van der Waals surface area contributed by atoms with Crippen molar-refractivity contribution < 1.29 is 23.8 Å². The maximum atomic E-state index is 12.7. The number of hydrogen-bond donors (Lipinski definition) is 0. The van der Waals surface area contributed by atoms with Crippen LogP contribution in [0.2, 0.25) is 0 Å². The molecule has 0 bridgehead atoms. The van der Waals surface area contributed by atoms with Crippen LogP contribution < -0.4 is 0 Å². The average Bonchev–Trinajstić information content (AvgIpc) is 3.22. The van der Waals surface area contributed by atoms with E-state index in [1.807, 2.05) is 0 Å². The monoisotopic (exact) mass is 815 g/mol. The molecule has 0 heterocycles. The molecule has 1 atom stereocenters.